The van der Waals surface area contributed by atoms with Gasteiger partial charge in [0.05, 0.1) is 0 Å². The second-order valence-corrected chi connectivity index (χ2v) is 5.91. The van der Waals surface area contributed by atoms with Crippen LogP contribution in [-0.4, -0.2) is 35.1 Å². The molecular weight excluding hydrogens is 186 g/mol. The van der Waals surface area contributed by atoms with E-state index in [1.54, 1.807) is 0 Å². The quantitative estimate of drug-likeness (QED) is 0.743. The summed E-state index contributed by atoms with van der Waals surface area (Å²) in [7, 11) is 0. The molecule has 1 rings (SSSR count). The highest BCUT2D eigenvalue weighted by molar-refractivity contribution is 5.03. The minimum absolute atomic E-state index is 0.0942. The molecular formula is C12H27N3. The van der Waals surface area contributed by atoms with E-state index >= 15 is 0 Å². The van der Waals surface area contributed by atoms with Crippen molar-refractivity contribution < 1.29 is 0 Å². The first-order chi connectivity index (χ1) is 6.82. The minimum Gasteiger partial charge on any atom is -0.330 e. The summed E-state index contributed by atoms with van der Waals surface area (Å²) in [6, 6.07) is 0.281. The van der Waals surface area contributed by atoms with Crippen LogP contribution in [0.15, 0.2) is 0 Å². The van der Waals surface area contributed by atoms with Crippen molar-refractivity contribution in [1.82, 2.24) is 4.90 Å². The fraction of sp³-hybridized carbons (Fsp3) is 1.00. The van der Waals surface area contributed by atoms with Gasteiger partial charge in [0.25, 0.3) is 0 Å². The molecule has 15 heavy (non-hydrogen) atoms. The summed E-state index contributed by atoms with van der Waals surface area (Å²) in [6.07, 6.45) is 3.36. The smallest absolute Gasteiger partial charge is 0.0309 e. The van der Waals surface area contributed by atoms with Gasteiger partial charge in [0.1, 0.15) is 0 Å². The van der Waals surface area contributed by atoms with Gasteiger partial charge in [-0.05, 0) is 53.5 Å². The predicted molar refractivity (Wildman–Crippen MR) is 65.7 cm³/mol. The fourth-order valence-corrected chi connectivity index (χ4v) is 2.82. The van der Waals surface area contributed by atoms with E-state index in [9.17, 15) is 0 Å². The van der Waals surface area contributed by atoms with Crippen molar-refractivity contribution in [2.45, 2.75) is 64.1 Å². The van der Waals surface area contributed by atoms with Gasteiger partial charge in [-0.15, -0.1) is 0 Å². The maximum Gasteiger partial charge on any atom is 0.0309 e. The number of likely N-dealkylation sites (tertiary alicyclic amines) is 1. The molecule has 0 amide bonds. The lowest BCUT2D eigenvalue weighted by atomic mass is 9.76. The van der Waals surface area contributed by atoms with E-state index in [2.05, 4.69) is 32.6 Å². The van der Waals surface area contributed by atoms with Crippen molar-refractivity contribution in [2.75, 3.05) is 13.1 Å². The molecule has 1 aliphatic heterocycles. The lowest BCUT2D eigenvalue weighted by Gasteiger charge is -2.55. The van der Waals surface area contributed by atoms with Gasteiger partial charge in [0.2, 0.25) is 0 Å². The number of hydrogen-bond acceptors (Lipinski definition) is 3. The third-order valence-corrected chi connectivity index (χ3v) is 3.99. The number of rotatable bonds is 3. The summed E-state index contributed by atoms with van der Waals surface area (Å²) in [4.78, 5) is 2.54. The second-order valence-electron chi connectivity index (χ2n) is 5.91. The van der Waals surface area contributed by atoms with Crippen LogP contribution in [0.1, 0.15) is 47.0 Å². The van der Waals surface area contributed by atoms with Crippen LogP contribution in [0.4, 0.5) is 0 Å². The molecule has 1 heterocycles. The average Bonchev–Trinajstić information content (AvgIpc) is 2.12. The van der Waals surface area contributed by atoms with Crippen LogP contribution in [-0.2, 0) is 0 Å². The molecule has 90 valence electrons. The van der Waals surface area contributed by atoms with Gasteiger partial charge < -0.3 is 11.5 Å². The summed E-state index contributed by atoms with van der Waals surface area (Å²) < 4.78 is 0. The normalized spacial score (nSPS) is 30.4. The molecule has 0 saturated carbocycles. The van der Waals surface area contributed by atoms with Crippen molar-refractivity contribution in [3.63, 3.8) is 0 Å². The molecule has 0 aromatic heterocycles. The topological polar surface area (TPSA) is 55.3 Å². The molecule has 0 aromatic carbocycles. The summed E-state index contributed by atoms with van der Waals surface area (Å²) in [5, 5.41) is 0. The van der Waals surface area contributed by atoms with E-state index < -0.39 is 0 Å². The largest absolute Gasteiger partial charge is 0.330 e. The van der Waals surface area contributed by atoms with Gasteiger partial charge in [-0.25, -0.2) is 0 Å². The Hall–Kier alpha value is -0.120. The second kappa shape index (κ2) is 4.40. The Labute approximate surface area is 94.2 Å². The first kappa shape index (κ1) is 12.9. The Morgan fingerprint density at radius 1 is 1.27 bits per heavy atom. The van der Waals surface area contributed by atoms with E-state index in [1.807, 2.05) is 0 Å². The van der Waals surface area contributed by atoms with E-state index in [0.29, 0.717) is 0 Å². The molecule has 0 spiro atoms. The van der Waals surface area contributed by atoms with Crippen LogP contribution in [0.3, 0.4) is 0 Å². The molecule has 3 heteroatoms. The van der Waals surface area contributed by atoms with E-state index in [1.165, 1.54) is 6.42 Å². The predicted octanol–water partition coefficient (Wildman–Crippen LogP) is 1.32. The van der Waals surface area contributed by atoms with Crippen molar-refractivity contribution in [3.05, 3.63) is 0 Å². The number of hydrogen-bond donors (Lipinski definition) is 2. The Morgan fingerprint density at radius 3 is 2.40 bits per heavy atom. The van der Waals surface area contributed by atoms with Gasteiger partial charge in [0.15, 0.2) is 0 Å². The molecule has 0 aliphatic carbocycles. The van der Waals surface area contributed by atoms with Crippen LogP contribution < -0.4 is 11.5 Å². The first-order valence-corrected chi connectivity index (χ1v) is 6.06. The van der Waals surface area contributed by atoms with E-state index in [0.717, 1.165) is 25.9 Å². The number of nitrogens with zero attached hydrogens (tertiary/aromatic N) is 1. The maximum atomic E-state index is 6.22. The molecule has 4 N–H and O–H groups in total. The van der Waals surface area contributed by atoms with Gasteiger partial charge in [-0.1, -0.05) is 0 Å². The first-order valence-electron chi connectivity index (χ1n) is 6.06. The standard InChI is InChI=1S/C12H27N3/c1-11(2)7-6-10(14)12(3,4)15(11)9-5-8-13/h10H,5-9,13-14H2,1-4H3. The summed E-state index contributed by atoms with van der Waals surface area (Å²) >= 11 is 0. The summed E-state index contributed by atoms with van der Waals surface area (Å²) in [6.45, 7) is 11.0. The third-order valence-electron chi connectivity index (χ3n) is 3.99. The molecule has 1 atom stereocenters. The van der Waals surface area contributed by atoms with Crippen molar-refractivity contribution in [1.29, 1.82) is 0 Å². The molecule has 1 fully saturated rings. The van der Waals surface area contributed by atoms with Crippen LogP contribution in [0.25, 0.3) is 0 Å². The monoisotopic (exact) mass is 213 g/mol. The lowest BCUT2D eigenvalue weighted by molar-refractivity contribution is -0.0395. The average molecular weight is 213 g/mol. The summed E-state index contributed by atoms with van der Waals surface area (Å²) in [5.41, 5.74) is 12.2. The lowest BCUT2D eigenvalue weighted by Crippen LogP contribution is -2.66. The zero-order chi connectivity index (χ0) is 11.7. The van der Waals surface area contributed by atoms with Crippen LogP contribution in [0.2, 0.25) is 0 Å². The van der Waals surface area contributed by atoms with Crippen LogP contribution >= 0.6 is 0 Å². The van der Waals surface area contributed by atoms with E-state index in [-0.39, 0.29) is 17.1 Å². The third kappa shape index (κ3) is 2.52. The zero-order valence-corrected chi connectivity index (χ0v) is 10.7. The minimum atomic E-state index is 0.0942. The molecule has 0 aromatic rings. The van der Waals surface area contributed by atoms with Crippen molar-refractivity contribution in [3.8, 4) is 0 Å². The Kier molecular flexibility index (Phi) is 3.80. The molecule has 1 aliphatic rings. The van der Waals surface area contributed by atoms with E-state index in [4.69, 9.17) is 11.5 Å². The SMILES string of the molecule is CC1(C)CCC(N)C(C)(C)N1CCCN. The van der Waals surface area contributed by atoms with Crippen molar-refractivity contribution >= 4 is 0 Å². The van der Waals surface area contributed by atoms with Crippen LogP contribution in [0, 0.1) is 0 Å². The Bertz CT molecular complexity index is 211. The molecule has 0 bridgehead atoms. The highest BCUT2D eigenvalue weighted by Crippen LogP contribution is 2.37. The molecule has 1 saturated heterocycles. The number of nitrogens with two attached hydrogens (primary N) is 2. The van der Waals surface area contributed by atoms with Crippen LogP contribution in [0.5, 0.6) is 0 Å². The Morgan fingerprint density at radius 2 is 1.87 bits per heavy atom. The van der Waals surface area contributed by atoms with Crippen molar-refractivity contribution in [2.24, 2.45) is 11.5 Å². The summed E-state index contributed by atoms with van der Waals surface area (Å²) in [5.74, 6) is 0. The highest BCUT2D eigenvalue weighted by Gasteiger charge is 2.44. The fourth-order valence-electron chi connectivity index (χ4n) is 2.82. The zero-order valence-electron chi connectivity index (χ0n) is 10.7. The maximum absolute atomic E-state index is 6.22. The molecule has 0 radical (unpaired) electrons. The number of piperidine rings is 1. The molecule has 1 unspecified atom stereocenters. The highest BCUT2D eigenvalue weighted by atomic mass is 15.3. The van der Waals surface area contributed by atoms with Gasteiger partial charge in [-0.3, -0.25) is 4.90 Å². The van der Waals surface area contributed by atoms with Gasteiger partial charge >= 0.3 is 0 Å². The molecule has 3 nitrogen and oxygen atoms in total. The Balaban J connectivity index is 2.81. The van der Waals surface area contributed by atoms with Gasteiger partial charge in [0, 0.05) is 23.7 Å². The van der Waals surface area contributed by atoms with Gasteiger partial charge in [-0.2, -0.15) is 0 Å².